The van der Waals surface area contributed by atoms with E-state index in [2.05, 4.69) is 4.99 Å². The summed E-state index contributed by atoms with van der Waals surface area (Å²) >= 11 is 5.94. The minimum atomic E-state index is 0.758. The number of hydrogen-bond acceptors (Lipinski definition) is 1. The van der Waals surface area contributed by atoms with Gasteiger partial charge in [-0.2, -0.15) is 0 Å². The third-order valence-electron chi connectivity index (χ3n) is 1.59. The standard InChI is InChI=1S/C10H13ClN2/c1-8-4-5-9(6-10(8)11)12-7-13(2)3/h4-7H,1-3H3. The maximum Gasteiger partial charge on any atom is 0.0907 e. The van der Waals surface area contributed by atoms with Gasteiger partial charge in [0.15, 0.2) is 0 Å². The smallest absolute Gasteiger partial charge is 0.0907 e. The molecule has 0 aliphatic carbocycles. The highest BCUT2D eigenvalue weighted by atomic mass is 35.5. The Morgan fingerprint density at radius 1 is 1.38 bits per heavy atom. The molecule has 0 fully saturated rings. The van der Waals surface area contributed by atoms with E-state index in [1.165, 1.54) is 0 Å². The van der Waals surface area contributed by atoms with Crippen LogP contribution in [0.3, 0.4) is 0 Å². The summed E-state index contributed by atoms with van der Waals surface area (Å²) in [4.78, 5) is 6.11. The lowest BCUT2D eigenvalue weighted by Gasteiger charge is -2.03. The van der Waals surface area contributed by atoms with E-state index in [-0.39, 0.29) is 0 Å². The van der Waals surface area contributed by atoms with Crippen LogP contribution in [0.15, 0.2) is 23.2 Å². The summed E-state index contributed by atoms with van der Waals surface area (Å²) in [5.41, 5.74) is 1.95. The van der Waals surface area contributed by atoms with Crippen LogP contribution in [-0.2, 0) is 0 Å². The number of aryl methyl sites for hydroxylation is 1. The van der Waals surface area contributed by atoms with Crippen LogP contribution in [0.1, 0.15) is 5.56 Å². The summed E-state index contributed by atoms with van der Waals surface area (Å²) in [5, 5.41) is 0.758. The van der Waals surface area contributed by atoms with Gasteiger partial charge < -0.3 is 4.90 Å². The molecule has 0 saturated carbocycles. The lowest BCUT2D eigenvalue weighted by atomic mass is 10.2. The molecule has 0 saturated heterocycles. The zero-order valence-electron chi connectivity index (χ0n) is 8.08. The van der Waals surface area contributed by atoms with E-state index in [9.17, 15) is 0 Å². The Bertz CT molecular complexity index is 319. The topological polar surface area (TPSA) is 15.6 Å². The fraction of sp³-hybridized carbons (Fsp3) is 0.300. The Balaban J connectivity index is 2.85. The van der Waals surface area contributed by atoms with E-state index in [0.29, 0.717) is 0 Å². The van der Waals surface area contributed by atoms with Crippen LogP contribution in [0.4, 0.5) is 5.69 Å². The van der Waals surface area contributed by atoms with E-state index in [4.69, 9.17) is 11.6 Å². The number of halogens is 1. The van der Waals surface area contributed by atoms with Crippen LogP contribution in [0.2, 0.25) is 5.02 Å². The Morgan fingerprint density at radius 2 is 2.08 bits per heavy atom. The maximum atomic E-state index is 5.94. The molecule has 0 N–H and O–H groups in total. The lowest BCUT2D eigenvalue weighted by Crippen LogP contribution is -2.06. The Labute approximate surface area is 83.8 Å². The van der Waals surface area contributed by atoms with Crippen molar-refractivity contribution in [3.63, 3.8) is 0 Å². The van der Waals surface area contributed by atoms with Crippen LogP contribution in [0.5, 0.6) is 0 Å². The van der Waals surface area contributed by atoms with Crippen molar-refractivity contribution < 1.29 is 0 Å². The molecular weight excluding hydrogens is 184 g/mol. The third kappa shape index (κ3) is 3.07. The van der Waals surface area contributed by atoms with Crippen molar-refractivity contribution >= 4 is 23.6 Å². The minimum absolute atomic E-state index is 0.758. The molecule has 0 aliphatic heterocycles. The average molecular weight is 197 g/mol. The summed E-state index contributed by atoms with van der Waals surface area (Å²) in [5.74, 6) is 0. The normalized spacial score (nSPS) is 10.8. The molecule has 3 heteroatoms. The van der Waals surface area contributed by atoms with Crippen LogP contribution in [0.25, 0.3) is 0 Å². The summed E-state index contributed by atoms with van der Waals surface area (Å²) in [6, 6.07) is 5.77. The van der Waals surface area contributed by atoms with Gasteiger partial charge in [0.2, 0.25) is 0 Å². The first kappa shape index (κ1) is 10.1. The first-order valence-corrected chi connectivity index (χ1v) is 4.44. The lowest BCUT2D eigenvalue weighted by molar-refractivity contribution is 0.643. The molecule has 0 unspecified atom stereocenters. The van der Waals surface area contributed by atoms with Gasteiger partial charge in [0.1, 0.15) is 0 Å². The quantitative estimate of drug-likeness (QED) is 0.525. The first-order valence-electron chi connectivity index (χ1n) is 4.06. The average Bonchev–Trinajstić information content (AvgIpc) is 2.07. The van der Waals surface area contributed by atoms with E-state index < -0.39 is 0 Å². The number of aliphatic imine (C=N–C) groups is 1. The summed E-state index contributed by atoms with van der Waals surface area (Å²) in [6.07, 6.45) is 1.75. The van der Waals surface area contributed by atoms with Gasteiger partial charge in [0.05, 0.1) is 12.0 Å². The molecule has 70 valence electrons. The molecule has 0 aromatic heterocycles. The summed E-state index contributed by atoms with van der Waals surface area (Å²) in [7, 11) is 3.86. The molecule has 0 bridgehead atoms. The number of nitrogens with zero attached hydrogens (tertiary/aromatic N) is 2. The molecule has 13 heavy (non-hydrogen) atoms. The largest absolute Gasteiger partial charge is 0.369 e. The highest BCUT2D eigenvalue weighted by Gasteiger charge is 1.95. The van der Waals surface area contributed by atoms with Crippen molar-refractivity contribution in [3.05, 3.63) is 28.8 Å². The van der Waals surface area contributed by atoms with Gasteiger partial charge in [-0.1, -0.05) is 17.7 Å². The van der Waals surface area contributed by atoms with Crippen molar-refractivity contribution in [2.45, 2.75) is 6.92 Å². The summed E-state index contributed by atoms with van der Waals surface area (Å²) < 4.78 is 0. The van der Waals surface area contributed by atoms with Gasteiger partial charge in [-0.15, -0.1) is 0 Å². The van der Waals surface area contributed by atoms with Crippen LogP contribution in [-0.4, -0.2) is 25.3 Å². The molecule has 0 atom stereocenters. The van der Waals surface area contributed by atoms with Gasteiger partial charge in [0, 0.05) is 19.1 Å². The predicted octanol–water partition coefficient (Wildman–Crippen LogP) is 2.87. The second kappa shape index (κ2) is 4.28. The molecule has 0 amide bonds. The van der Waals surface area contributed by atoms with Crippen LogP contribution >= 0.6 is 11.6 Å². The monoisotopic (exact) mass is 196 g/mol. The molecular formula is C10H13ClN2. The Morgan fingerprint density at radius 3 is 2.62 bits per heavy atom. The third-order valence-corrected chi connectivity index (χ3v) is 2.00. The van der Waals surface area contributed by atoms with Gasteiger partial charge in [-0.25, -0.2) is 4.99 Å². The molecule has 0 aliphatic rings. The number of rotatable bonds is 2. The van der Waals surface area contributed by atoms with Crippen LogP contribution < -0.4 is 0 Å². The zero-order valence-corrected chi connectivity index (χ0v) is 8.84. The highest BCUT2D eigenvalue weighted by molar-refractivity contribution is 6.31. The van der Waals surface area contributed by atoms with E-state index in [1.807, 2.05) is 44.1 Å². The first-order chi connectivity index (χ1) is 6.09. The van der Waals surface area contributed by atoms with E-state index >= 15 is 0 Å². The van der Waals surface area contributed by atoms with Gasteiger partial charge in [0.25, 0.3) is 0 Å². The van der Waals surface area contributed by atoms with Crippen LogP contribution in [0, 0.1) is 6.92 Å². The van der Waals surface area contributed by atoms with Gasteiger partial charge in [-0.05, 0) is 24.6 Å². The van der Waals surface area contributed by atoms with Crippen molar-refractivity contribution in [1.29, 1.82) is 0 Å². The molecule has 0 heterocycles. The van der Waals surface area contributed by atoms with Crippen molar-refractivity contribution in [3.8, 4) is 0 Å². The second-order valence-corrected chi connectivity index (χ2v) is 3.55. The second-order valence-electron chi connectivity index (χ2n) is 3.14. The maximum absolute atomic E-state index is 5.94. The molecule has 0 spiro atoms. The minimum Gasteiger partial charge on any atom is -0.369 e. The molecule has 1 rings (SSSR count). The van der Waals surface area contributed by atoms with Crippen molar-refractivity contribution in [2.24, 2.45) is 4.99 Å². The van der Waals surface area contributed by atoms with Gasteiger partial charge >= 0.3 is 0 Å². The molecule has 2 nitrogen and oxygen atoms in total. The van der Waals surface area contributed by atoms with Crippen molar-refractivity contribution in [1.82, 2.24) is 4.90 Å². The zero-order chi connectivity index (χ0) is 9.84. The number of hydrogen-bond donors (Lipinski definition) is 0. The molecule has 1 aromatic rings. The Kier molecular flexibility index (Phi) is 3.32. The highest BCUT2D eigenvalue weighted by Crippen LogP contribution is 2.21. The predicted molar refractivity (Wildman–Crippen MR) is 58.0 cm³/mol. The SMILES string of the molecule is Cc1ccc(N=CN(C)C)cc1Cl. The summed E-state index contributed by atoms with van der Waals surface area (Å²) in [6.45, 7) is 1.97. The van der Waals surface area contributed by atoms with Crippen molar-refractivity contribution in [2.75, 3.05) is 14.1 Å². The molecule has 1 aromatic carbocycles. The number of benzene rings is 1. The Hall–Kier alpha value is -1.02. The van der Waals surface area contributed by atoms with E-state index in [0.717, 1.165) is 16.3 Å². The molecule has 0 radical (unpaired) electrons. The fourth-order valence-corrected chi connectivity index (χ4v) is 1.02. The van der Waals surface area contributed by atoms with E-state index in [1.54, 1.807) is 6.34 Å². The fourth-order valence-electron chi connectivity index (χ4n) is 0.844. The van der Waals surface area contributed by atoms with Gasteiger partial charge in [-0.3, -0.25) is 0 Å².